The molecule has 0 aliphatic heterocycles. The molecule has 29 heavy (non-hydrogen) atoms. The number of anilines is 1. The summed E-state index contributed by atoms with van der Waals surface area (Å²) in [7, 11) is -0.650. The summed E-state index contributed by atoms with van der Waals surface area (Å²) in [5, 5.41) is 11.4. The maximum atomic E-state index is 12.5. The molecule has 0 atom stereocenters. The number of para-hydroxylation sites is 1. The third-order valence-electron chi connectivity index (χ3n) is 4.14. The SMILES string of the molecule is Cc1ccc(S(=O)(=O)N(C)C)cc1NC(=O)CSc1nncn1-c1ccccc1. The summed E-state index contributed by atoms with van der Waals surface area (Å²) in [6.07, 6.45) is 1.59. The van der Waals surface area contributed by atoms with E-state index in [-0.39, 0.29) is 16.6 Å². The molecule has 0 aliphatic rings. The van der Waals surface area contributed by atoms with Crippen LogP contribution >= 0.6 is 11.8 Å². The first-order valence-electron chi connectivity index (χ1n) is 8.70. The highest BCUT2D eigenvalue weighted by molar-refractivity contribution is 7.99. The van der Waals surface area contributed by atoms with Gasteiger partial charge in [0.2, 0.25) is 15.9 Å². The van der Waals surface area contributed by atoms with E-state index < -0.39 is 10.0 Å². The summed E-state index contributed by atoms with van der Waals surface area (Å²) < 4.78 is 27.6. The number of amides is 1. The Morgan fingerprint density at radius 1 is 1.17 bits per heavy atom. The Kier molecular flexibility index (Phi) is 6.36. The third kappa shape index (κ3) is 4.84. The van der Waals surface area contributed by atoms with Gasteiger partial charge in [-0.2, -0.15) is 0 Å². The molecule has 3 rings (SSSR count). The largest absolute Gasteiger partial charge is 0.325 e. The molecule has 1 amide bonds. The second-order valence-electron chi connectivity index (χ2n) is 6.42. The molecule has 0 aliphatic carbocycles. The van der Waals surface area contributed by atoms with Crippen LogP contribution in [0.2, 0.25) is 0 Å². The van der Waals surface area contributed by atoms with Gasteiger partial charge >= 0.3 is 0 Å². The first kappa shape index (κ1) is 21.0. The zero-order chi connectivity index (χ0) is 21.0. The fourth-order valence-corrected chi connectivity index (χ4v) is 4.17. The van der Waals surface area contributed by atoms with Crippen LogP contribution in [-0.2, 0) is 14.8 Å². The lowest BCUT2D eigenvalue weighted by Crippen LogP contribution is -2.22. The van der Waals surface area contributed by atoms with Gasteiger partial charge in [0.25, 0.3) is 0 Å². The third-order valence-corrected chi connectivity index (χ3v) is 6.90. The molecule has 10 heteroatoms. The summed E-state index contributed by atoms with van der Waals surface area (Å²) in [5.74, 6) is -0.157. The molecule has 0 radical (unpaired) electrons. The van der Waals surface area contributed by atoms with Gasteiger partial charge in [-0.1, -0.05) is 36.0 Å². The molecule has 0 bridgehead atoms. The number of hydrogen-bond acceptors (Lipinski definition) is 6. The predicted octanol–water partition coefficient (Wildman–Crippen LogP) is 2.56. The van der Waals surface area contributed by atoms with Crippen molar-refractivity contribution in [1.82, 2.24) is 19.1 Å². The van der Waals surface area contributed by atoms with E-state index in [2.05, 4.69) is 15.5 Å². The Balaban J connectivity index is 1.71. The van der Waals surface area contributed by atoms with E-state index in [0.717, 1.165) is 15.6 Å². The number of thioether (sulfide) groups is 1. The average molecular weight is 432 g/mol. The molecular weight excluding hydrogens is 410 g/mol. The average Bonchev–Trinajstić information content (AvgIpc) is 3.17. The number of nitrogens with one attached hydrogen (secondary N) is 1. The highest BCUT2D eigenvalue weighted by Crippen LogP contribution is 2.23. The molecule has 0 spiro atoms. The van der Waals surface area contributed by atoms with E-state index in [0.29, 0.717) is 10.8 Å². The molecule has 0 fully saturated rings. The van der Waals surface area contributed by atoms with Crippen LogP contribution < -0.4 is 5.32 Å². The van der Waals surface area contributed by atoms with E-state index in [1.807, 2.05) is 30.3 Å². The van der Waals surface area contributed by atoms with E-state index in [1.165, 1.54) is 38.0 Å². The molecule has 2 aromatic carbocycles. The Labute approximate surface area is 174 Å². The second kappa shape index (κ2) is 8.76. The van der Waals surface area contributed by atoms with Crippen LogP contribution in [0.1, 0.15) is 5.56 Å². The fraction of sp³-hybridized carbons (Fsp3) is 0.211. The Bertz CT molecular complexity index is 1110. The summed E-state index contributed by atoms with van der Waals surface area (Å²) in [5.41, 5.74) is 2.13. The molecule has 3 aromatic rings. The molecule has 1 heterocycles. The van der Waals surface area contributed by atoms with Crippen molar-refractivity contribution in [1.29, 1.82) is 0 Å². The zero-order valence-electron chi connectivity index (χ0n) is 16.2. The van der Waals surface area contributed by atoms with Crippen molar-refractivity contribution in [3.8, 4) is 5.69 Å². The fourth-order valence-electron chi connectivity index (χ4n) is 2.51. The number of carbonyl (C=O) groups excluding carboxylic acids is 1. The summed E-state index contributed by atoms with van der Waals surface area (Å²) in [4.78, 5) is 12.6. The van der Waals surface area contributed by atoms with Crippen LogP contribution in [0.3, 0.4) is 0 Å². The van der Waals surface area contributed by atoms with Crippen molar-refractivity contribution in [2.75, 3.05) is 25.2 Å². The van der Waals surface area contributed by atoms with Gasteiger partial charge in [0.05, 0.1) is 10.6 Å². The first-order chi connectivity index (χ1) is 13.8. The summed E-state index contributed by atoms with van der Waals surface area (Å²) in [6.45, 7) is 1.81. The molecule has 0 unspecified atom stereocenters. The lowest BCUT2D eigenvalue weighted by atomic mass is 10.2. The summed E-state index contributed by atoms with van der Waals surface area (Å²) >= 11 is 1.25. The quantitative estimate of drug-likeness (QED) is 0.578. The van der Waals surface area contributed by atoms with Gasteiger partial charge in [0.15, 0.2) is 5.16 Å². The van der Waals surface area contributed by atoms with Gasteiger partial charge in [0.1, 0.15) is 6.33 Å². The highest BCUT2D eigenvalue weighted by atomic mass is 32.2. The molecule has 0 saturated heterocycles. The number of benzene rings is 2. The number of aryl methyl sites for hydroxylation is 1. The van der Waals surface area contributed by atoms with Crippen molar-refractivity contribution in [2.24, 2.45) is 0 Å². The standard InChI is InChI=1S/C19H21N5O3S2/c1-14-9-10-16(29(26,27)23(2)3)11-17(14)21-18(25)12-28-19-22-20-13-24(19)15-7-5-4-6-8-15/h4-11,13H,12H2,1-3H3,(H,21,25). The van der Waals surface area contributed by atoms with Crippen LogP contribution in [-0.4, -0.2) is 53.2 Å². The van der Waals surface area contributed by atoms with Gasteiger partial charge in [-0.25, -0.2) is 12.7 Å². The zero-order valence-corrected chi connectivity index (χ0v) is 17.9. The molecule has 0 saturated carbocycles. The van der Waals surface area contributed by atoms with E-state index in [4.69, 9.17) is 0 Å². The van der Waals surface area contributed by atoms with Crippen molar-refractivity contribution in [2.45, 2.75) is 17.0 Å². The smallest absolute Gasteiger partial charge is 0.242 e. The Hall–Kier alpha value is -2.69. The minimum absolute atomic E-state index is 0.107. The van der Waals surface area contributed by atoms with E-state index in [9.17, 15) is 13.2 Å². The van der Waals surface area contributed by atoms with Crippen molar-refractivity contribution in [3.63, 3.8) is 0 Å². The topological polar surface area (TPSA) is 97.2 Å². The van der Waals surface area contributed by atoms with Crippen LogP contribution in [0.5, 0.6) is 0 Å². The number of aromatic nitrogens is 3. The van der Waals surface area contributed by atoms with Gasteiger partial charge in [-0.15, -0.1) is 10.2 Å². The monoisotopic (exact) mass is 431 g/mol. The van der Waals surface area contributed by atoms with Crippen molar-refractivity contribution < 1.29 is 13.2 Å². The molecule has 8 nitrogen and oxygen atoms in total. The number of hydrogen-bond donors (Lipinski definition) is 1. The summed E-state index contributed by atoms with van der Waals surface area (Å²) in [6, 6.07) is 14.3. The molecule has 152 valence electrons. The number of sulfonamides is 1. The van der Waals surface area contributed by atoms with E-state index >= 15 is 0 Å². The predicted molar refractivity (Wildman–Crippen MR) is 113 cm³/mol. The lowest BCUT2D eigenvalue weighted by Gasteiger charge is -2.14. The Morgan fingerprint density at radius 3 is 2.59 bits per heavy atom. The van der Waals surface area contributed by atoms with Crippen LogP contribution in [0.15, 0.2) is 64.9 Å². The normalized spacial score (nSPS) is 11.6. The van der Waals surface area contributed by atoms with Crippen LogP contribution in [0.25, 0.3) is 5.69 Å². The van der Waals surface area contributed by atoms with Gasteiger partial charge in [0, 0.05) is 25.5 Å². The minimum Gasteiger partial charge on any atom is -0.325 e. The van der Waals surface area contributed by atoms with E-state index in [1.54, 1.807) is 23.9 Å². The van der Waals surface area contributed by atoms with Crippen molar-refractivity contribution in [3.05, 3.63) is 60.4 Å². The van der Waals surface area contributed by atoms with Gasteiger partial charge < -0.3 is 5.32 Å². The van der Waals surface area contributed by atoms with Crippen LogP contribution in [0.4, 0.5) is 5.69 Å². The Morgan fingerprint density at radius 2 is 1.90 bits per heavy atom. The maximum Gasteiger partial charge on any atom is 0.242 e. The van der Waals surface area contributed by atoms with Gasteiger partial charge in [-0.3, -0.25) is 9.36 Å². The molecule has 1 aromatic heterocycles. The molecular formula is C19H21N5O3S2. The number of rotatable bonds is 7. The first-order valence-corrected chi connectivity index (χ1v) is 11.1. The maximum absolute atomic E-state index is 12.5. The van der Waals surface area contributed by atoms with Crippen molar-refractivity contribution >= 4 is 33.4 Å². The number of carbonyl (C=O) groups is 1. The second-order valence-corrected chi connectivity index (χ2v) is 9.51. The highest BCUT2D eigenvalue weighted by Gasteiger charge is 2.19. The minimum atomic E-state index is -3.58. The molecule has 1 N–H and O–H groups in total. The van der Waals surface area contributed by atoms with Gasteiger partial charge in [-0.05, 0) is 36.8 Å². The lowest BCUT2D eigenvalue weighted by molar-refractivity contribution is -0.113. The number of nitrogens with zero attached hydrogens (tertiary/aromatic N) is 4. The van der Waals surface area contributed by atoms with Crippen LogP contribution in [0, 0.1) is 6.92 Å².